The maximum atomic E-state index is 14.5. The normalized spacial score (nSPS) is 13.7. The Kier molecular flexibility index (Phi) is 9.45. The molecule has 0 atom stereocenters. The molecule has 0 N–H and O–H groups in total. The highest BCUT2D eigenvalue weighted by Gasteiger charge is 2.37. The number of rotatable bonds is 9. The summed E-state index contributed by atoms with van der Waals surface area (Å²) in [5, 5.41) is 2.35. The van der Waals surface area contributed by atoms with E-state index < -0.39 is 20.1 Å². The predicted molar refractivity (Wildman–Crippen MR) is 242 cm³/mol. The van der Waals surface area contributed by atoms with Crippen LogP contribution in [0.5, 0.6) is 0 Å². The number of allylic oxidation sites excluding steroid dienone is 4. The van der Waals surface area contributed by atoms with Gasteiger partial charge in [0.2, 0.25) is 0 Å². The molecule has 1 heterocycles. The smallest absolute Gasteiger partial charge is 0.123 e. The Labute approximate surface area is 343 Å². The van der Waals surface area contributed by atoms with Crippen LogP contribution in [0, 0.1) is 5.82 Å². The minimum atomic E-state index is -1.94. The van der Waals surface area contributed by atoms with Crippen molar-refractivity contribution in [2.24, 2.45) is 0 Å². The van der Waals surface area contributed by atoms with Crippen LogP contribution in [0.3, 0.4) is 0 Å². The van der Waals surface area contributed by atoms with Crippen LogP contribution >= 0.6 is 20.1 Å². The molecule has 282 valence electrons. The number of benzene rings is 8. The fraction of sp³-hybridized carbons (Fsp3) is 0.0370. The van der Waals surface area contributed by atoms with E-state index in [0.29, 0.717) is 0 Å². The molecule has 0 fully saturated rings. The van der Waals surface area contributed by atoms with Crippen molar-refractivity contribution in [2.45, 2.75) is 47.1 Å². The summed E-state index contributed by atoms with van der Waals surface area (Å²) in [6.07, 6.45) is 8.91. The van der Waals surface area contributed by atoms with Gasteiger partial charge in [-0.3, -0.25) is 0 Å². The standard InChI is InChI=1S/C54H42FNS2/c55-41-31-33-42(34-32-41)56-53-37-35-49(57(43-19-7-1-8-20-43,44-21-9-2-10-22-44)45-23-11-3-12-24-45)39-51(53)52-40-50(36-38-54(52)56)58(46-25-13-4-14-26-46,47-27-15-5-16-28-47)48-29-17-6-18-30-48/h1-17,19-29,31-40H,18,30H2. The van der Waals surface area contributed by atoms with Gasteiger partial charge in [-0.2, -0.15) is 0 Å². The lowest BCUT2D eigenvalue weighted by molar-refractivity contribution is 0.627. The monoisotopic (exact) mass is 787 g/mol. The summed E-state index contributed by atoms with van der Waals surface area (Å²) < 4.78 is 16.8. The van der Waals surface area contributed by atoms with Crippen LogP contribution in [0.25, 0.3) is 27.5 Å². The molecule has 58 heavy (non-hydrogen) atoms. The molecule has 0 bridgehead atoms. The van der Waals surface area contributed by atoms with Gasteiger partial charge in [0, 0.05) is 50.7 Å². The SMILES string of the molecule is Fc1ccc(-n2c3ccc(S(C4=CC=CCC4)(c4ccccc4)c4ccccc4)cc3c3cc(S(c4ccccc4)(c4ccccc4)c4ccccc4)ccc32)cc1. The maximum absolute atomic E-state index is 14.5. The second-order valence-corrected chi connectivity index (χ2v) is 20.8. The molecule has 8 aromatic carbocycles. The van der Waals surface area contributed by atoms with Gasteiger partial charge in [0.1, 0.15) is 5.82 Å². The van der Waals surface area contributed by atoms with Crippen molar-refractivity contribution in [3.05, 3.63) is 241 Å². The zero-order valence-corrected chi connectivity index (χ0v) is 33.6. The van der Waals surface area contributed by atoms with Crippen LogP contribution < -0.4 is 0 Å². The van der Waals surface area contributed by atoms with Crippen molar-refractivity contribution >= 4 is 41.9 Å². The molecule has 0 saturated heterocycles. The average Bonchev–Trinajstić information content (AvgIpc) is 3.63. The van der Waals surface area contributed by atoms with Crippen LogP contribution in [-0.4, -0.2) is 4.57 Å². The molecule has 9 aromatic rings. The van der Waals surface area contributed by atoms with E-state index in [4.69, 9.17) is 0 Å². The third kappa shape index (κ3) is 5.86. The van der Waals surface area contributed by atoms with Crippen LogP contribution in [0.15, 0.2) is 270 Å². The summed E-state index contributed by atoms with van der Waals surface area (Å²) in [6.45, 7) is 0. The average molecular weight is 788 g/mol. The predicted octanol–water partition coefficient (Wildman–Crippen LogP) is 15.8. The zero-order chi connectivity index (χ0) is 38.9. The molecule has 0 saturated carbocycles. The minimum Gasteiger partial charge on any atom is -0.309 e. The molecule has 0 amide bonds. The van der Waals surface area contributed by atoms with Gasteiger partial charge in [0.25, 0.3) is 0 Å². The van der Waals surface area contributed by atoms with E-state index in [-0.39, 0.29) is 5.82 Å². The van der Waals surface area contributed by atoms with Gasteiger partial charge >= 0.3 is 0 Å². The summed E-state index contributed by atoms with van der Waals surface area (Å²) in [5.41, 5.74) is 3.11. The Morgan fingerprint density at radius 3 is 1.19 bits per heavy atom. The zero-order valence-electron chi connectivity index (χ0n) is 32.0. The molecular formula is C54H42FNS2. The summed E-state index contributed by atoms with van der Waals surface area (Å²) in [7, 11) is -3.81. The van der Waals surface area contributed by atoms with E-state index >= 15 is 0 Å². The van der Waals surface area contributed by atoms with Crippen molar-refractivity contribution < 1.29 is 4.39 Å². The molecular weight excluding hydrogens is 746 g/mol. The first-order valence-electron chi connectivity index (χ1n) is 19.8. The van der Waals surface area contributed by atoms with Gasteiger partial charge in [-0.15, -0.1) is 20.1 Å². The molecule has 0 unspecified atom stereocenters. The first kappa shape index (κ1) is 36.0. The highest BCUT2D eigenvalue weighted by Crippen LogP contribution is 2.76. The first-order chi connectivity index (χ1) is 28.7. The molecule has 1 nitrogen and oxygen atoms in total. The Morgan fingerprint density at radius 2 is 0.793 bits per heavy atom. The van der Waals surface area contributed by atoms with E-state index in [1.54, 1.807) is 12.1 Å². The van der Waals surface area contributed by atoms with Gasteiger partial charge in [-0.25, -0.2) is 4.39 Å². The van der Waals surface area contributed by atoms with Crippen LogP contribution in [0.4, 0.5) is 4.39 Å². The topological polar surface area (TPSA) is 4.93 Å². The number of halogens is 1. The van der Waals surface area contributed by atoms with E-state index in [2.05, 4.69) is 211 Å². The lowest BCUT2D eigenvalue weighted by Gasteiger charge is -2.44. The molecule has 1 aliphatic carbocycles. The number of hydrogen-bond donors (Lipinski definition) is 0. The Bertz CT molecular complexity index is 2780. The van der Waals surface area contributed by atoms with Gasteiger partial charge in [0.05, 0.1) is 11.0 Å². The lowest BCUT2D eigenvalue weighted by atomic mass is 10.1. The summed E-state index contributed by atoms with van der Waals surface area (Å²) in [5.74, 6) is -0.245. The third-order valence-corrected chi connectivity index (χ3v) is 19.3. The summed E-state index contributed by atoms with van der Waals surface area (Å²) >= 11 is 0. The van der Waals surface area contributed by atoms with Crippen molar-refractivity contribution in [2.75, 3.05) is 0 Å². The van der Waals surface area contributed by atoms with Crippen molar-refractivity contribution in [1.82, 2.24) is 4.57 Å². The van der Waals surface area contributed by atoms with Gasteiger partial charge in [-0.1, -0.05) is 109 Å². The lowest BCUT2D eigenvalue weighted by Crippen LogP contribution is -2.08. The number of aromatic nitrogens is 1. The molecule has 4 heteroatoms. The van der Waals surface area contributed by atoms with E-state index in [0.717, 1.165) is 29.6 Å². The summed E-state index contributed by atoms with van der Waals surface area (Å²) in [6, 6.07) is 76.5. The van der Waals surface area contributed by atoms with Gasteiger partial charge in [-0.05, 0) is 139 Å². The number of hydrogen-bond acceptors (Lipinski definition) is 0. The van der Waals surface area contributed by atoms with E-state index in [9.17, 15) is 4.39 Å². The fourth-order valence-electron chi connectivity index (χ4n) is 8.87. The van der Waals surface area contributed by atoms with Gasteiger partial charge < -0.3 is 4.57 Å². The maximum Gasteiger partial charge on any atom is 0.123 e. The highest BCUT2D eigenvalue weighted by molar-refractivity contribution is 8.37. The highest BCUT2D eigenvalue weighted by atomic mass is 32.3. The molecule has 1 aromatic heterocycles. The number of fused-ring (bicyclic) bond motifs is 3. The van der Waals surface area contributed by atoms with Gasteiger partial charge in [0.15, 0.2) is 0 Å². The fourth-order valence-corrected chi connectivity index (χ4v) is 16.9. The first-order valence-corrected chi connectivity index (χ1v) is 23.1. The Hall–Kier alpha value is -6.33. The molecule has 0 radical (unpaired) electrons. The van der Waals surface area contributed by atoms with Crippen LogP contribution in [-0.2, 0) is 0 Å². The quantitative estimate of drug-likeness (QED) is 0.137. The second kappa shape index (κ2) is 15.2. The molecule has 10 rings (SSSR count). The largest absolute Gasteiger partial charge is 0.309 e. The Balaban J connectivity index is 1.34. The molecule has 0 spiro atoms. The van der Waals surface area contributed by atoms with E-state index in [1.165, 1.54) is 49.9 Å². The van der Waals surface area contributed by atoms with Crippen LogP contribution in [0.2, 0.25) is 0 Å². The number of nitrogens with zero attached hydrogens (tertiary/aromatic N) is 1. The van der Waals surface area contributed by atoms with Crippen molar-refractivity contribution in [3.8, 4) is 5.69 Å². The molecule has 1 aliphatic rings. The third-order valence-electron chi connectivity index (χ3n) is 11.4. The molecule has 0 aliphatic heterocycles. The second-order valence-electron chi connectivity index (χ2n) is 14.6. The Morgan fingerprint density at radius 1 is 0.397 bits per heavy atom. The minimum absolute atomic E-state index is 0.245. The van der Waals surface area contributed by atoms with Crippen LogP contribution in [0.1, 0.15) is 12.8 Å². The van der Waals surface area contributed by atoms with Crippen molar-refractivity contribution in [3.63, 3.8) is 0 Å². The van der Waals surface area contributed by atoms with E-state index in [1.807, 2.05) is 12.1 Å². The summed E-state index contributed by atoms with van der Waals surface area (Å²) in [4.78, 5) is 10.5. The van der Waals surface area contributed by atoms with Crippen molar-refractivity contribution in [1.29, 1.82) is 0 Å².